The molecule has 1 fully saturated rings. The van der Waals surface area contributed by atoms with Crippen LogP contribution in [0.15, 0.2) is 65.1 Å². The highest BCUT2D eigenvalue weighted by Gasteiger charge is 2.29. The lowest BCUT2D eigenvalue weighted by molar-refractivity contribution is -0.144. The van der Waals surface area contributed by atoms with Crippen molar-refractivity contribution < 1.29 is 23.8 Å². The summed E-state index contributed by atoms with van der Waals surface area (Å²) in [6.45, 7) is 7.56. The normalized spacial score (nSPS) is 15.4. The van der Waals surface area contributed by atoms with Crippen LogP contribution in [0, 0.1) is 20.8 Å². The molecular weight excluding hydrogens is 612 g/mol. The Balaban J connectivity index is 1.29. The van der Waals surface area contributed by atoms with Crippen molar-refractivity contribution in [2.45, 2.75) is 52.6 Å². The van der Waals surface area contributed by atoms with E-state index in [2.05, 4.69) is 68.2 Å². The topological polar surface area (TPSA) is 92.9 Å². The summed E-state index contributed by atoms with van der Waals surface area (Å²) in [6, 6.07) is 19.3. The Morgan fingerprint density at radius 2 is 1.72 bits per heavy atom. The van der Waals surface area contributed by atoms with Crippen LogP contribution in [0.5, 0.6) is 5.75 Å². The zero-order chi connectivity index (χ0) is 33.2. The van der Waals surface area contributed by atoms with Crippen molar-refractivity contribution in [2.75, 3.05) is 13.7 Å². The number of hydrogen-bond donors (Lipinski definition) is 1. The monoisotopic (exact) mass is 648 g/mol. The molecule has 6 rings (SSSR count). The number of carbonyl (C=O) groups excluding carboxylic acids is 1. The standard InChI is InChI=1S/C39H37ClN2O5/c1-23-17-29(21-42-16-6-5-13-35(42)39(44)45)36(46-4)20-28(23)15-14-27-9-7-10-30(24(27)2)31-11-8-12-32(25(31)3)38-41-34-19-26(22-43)18-33(40)37(34)47-38/h7-12,14-15,17-20,22,35H,5-6,13,16,21H2,1-4H3,(H,44,45)/b15-14+/t35-/m0/s1. The van der Waals surface area contributed by atoms with Crippen LogP contribution in [0.4, 0.5) is 0 Å². The first-order valence-corrected chi connectivity index (χ1v) is 16.1. The maximum Gasteiger partial charge on any atom is 0.320 e. The van der Waals surface area contributed by atoms with Crippen LogP contribution in [-0.4, -0.2) is 46.9 Å². The van der Waals surface area contributed by atoms with E-state index < -0.39 is 12.0 Å². The fraction of sp³-hybridized carbons (Fsp3) is 0.256. The highest BCUT2D eigenvalue weighted by Crippen LogP contribution is 2.37. The number of aldehydes is 1. The number of carboxylic acids is 1. The second-order valence-electron chi connectivity index (χ2n) is 12.2. The van der Waals surface area contributed by atoms with Gasteiger partial charge < -0.3 is 14.3 Å². The minimum atomic E-state index is -0.759. The summed E-state index contributed by atoms with van der Waals surface area (Å²) in [5.74, 6) is 0.445. The van der Waals surface area contributed by atoms with Crippen molar-refractivity contribution in [3.63, 3.8) is 0 Å². The highest BCUT2D eigenvalue weighted by molar-refractivity contribution is 6.35. The van der Waals surface area contributed by atoms with Crippen molar-refractivity contribution in [1.29, 1.82) is 0 Å². The molecule has 0 aliphatic carbocycles. The number of nitrogens with zero attached hydrogens (tertiary/aromatic N) is 2. The number of hydrogen-bond acceptors (Lipinski definition) is 6. The van der Waals surface area contributed by atoms with E-state index in [1.165, 1.54) is 0 Å². The molecule has 8 heteroatoms. The second kappa shape index (κ2) is 13.6. The summed E-state index contributed by atoms with van der Waals surface area (Å²) < 4.78 is 11.9. The van der Waals surface area contributed by atoms with Crippen LogP contribution in [0.2, 0.25) is 5.02 Å². The zero-order valence-electron chi connectivity index (χ0n) is 27.0. The number of oxazole rings is 1. The maximum atomic E-state index is 11.9. The molecule has 0 saturated carbocycles. The summed E-state index contributed by atoms with van der Waals surface area (Å²) in [6.07, 6.45) is 7.59. The maximum absolute atomic E-state index is 11.9. The van der Waals surface area contributed by atoms with E-state index in [0.29, 0.717) is 40.5 Å². The molecule has 1 aliphatic heterocycles. The number of benzene rings is 4. The number of aromatic nitrogens is 1. The Morgan fingerprint density at radius 1 is 1.00 bits per heavy atom. The van der Waals surface area contributed by atoms with E-state index in [1.807, 2.05) is 23.1 Å². The van der Waals surface area contributed by atoms with Gasteiger partial charge in [-0.15, -0.1) is 0 Å². The molecule has 0 amide bonds. The lowest BCUT2D eigenvalue weighted by Crippen LogP contribution is -2.44. The van der Waals surface area contributed by atoms with Gasteiger partial charge in [-0.3, -0.25) is 14.5 Å². The van der Waals surface area contributed by atoms with Gasteiger partial charge in [0, 0.05) is 23.2 Å². The number of carboxylic acid groups (broad SMARTS) is 1. The number of halogens is 1. The van der Waals surface area contributed by atoms with Crippen LogP contribution in [0.25, 0.3) is 45.8 Å². The summed E-state index contributed by atoms with van der Waals surface area (Å²) in [5.41, 5.74) is 10.8. The number of rotatable bonds is 9. The molecule has 0 bridgehead atoms. The summed E-state index contributed by atoms with van der Waals surface area (Å²) in [5, 5.41) is 10.1. The predicted molar refractivity (Wildman–Crippen MR) is 187 cm³/mol. The van der Waals surface area contributed by atoms with E-state index in [1.54, 1.807) is 19.2 Å². The van der Waals surface area contributed by atoms with E-state index in [0.717, 1.165) is 81.5 Å². The van der Waals surface area contributed by atoms with E-state index >= 15 is 0 Å². The third-order valence-electron chi connectivity index (χ3n) is 9.22. The number of fused-ring (bicyclic) bond motifs is 1. The Bertz CT molecular complexity index is 2030. The molecule has 0 radical (unpaired) electrons. The molecule has 240 valence electrons. The van der Waals surface area contributed by atoms with Gasteiger partial charge in [0.1, 0.15) is 23.6 Å². The number of methoxy groups -OCH3 is 1. The Hall–Kier alpha value is -4.72. The number of piperidine rings is 1. The van der Waals surface area contributed by atoms with Crippen LogP contribution < -0.4 is 4.74 Å². The third kappa shape index (κ3) is 6.46. The zero-order valence-corrected chi connectivity index (χ0v) is 27.7. The molecule has 7 nitrogen and oxygen atoms in total. The largest absolute Gasteiger partial charge is 0.496 e. The minimum Gasteiger partial charge on any atom is -0.496 e. The summed E-state index contributed by atoms with van der Waals surface area (Å²) >= 11 is 6.38. The molecule has 47 heavy (non-hydrogen) atoms. The van der Waals surface area contributed by atoms with Crippen LogP contribution >= 0.6 is 11.6 Å². The van der Waals surface area contributed by atoms with Gasteiger partial charge in [0.25, 0.3) is 0 Å². The molecule has 2 heterocycles. The van der Waals surface area contributed by atoms with Gasteiger partial charge in [0.05, 0.1) is 12.1 Å². The molecular formula is C39H37ClN2O5. The van der Waals surface area contributed by atoms with E-state index in [9.17, 15) is 14.7 Å². The number of likely N-dealkylation sites (tertiary alicyclic amines) is 1. The van der Waals surface area contributed by atoms with Gasteiger partial charge in [0.2, 0.25) is 5.89 Å². The average molecular weight is 649 g/mol. The average Bonchev–Trinajstić information content (AvgIpc) is 3.50. The highest BCUT2D eigenvalue weighted by atomic mass is 35.5. The lowest BCUT2D eigenvalue weighted by atomic mass is 9.91. The number of ether oxygens (including phenoxy) is 1. The predicted octanol–water partition coefficient (Wildman–Crippen LogP) is 9.17. The van der Waals surface area contributed by atoms with E-state index in [-0.39, 0.29) is 0 Å². The van der Waals surface area contributed by atoms with Gasteiger partial charge in [-0.1, -0.05) is 66.6 Å². The van der Waals surface area contributed by atoms with Gasteiger partial charge >= 0.3 is 5.97 Å². The molecule has 1 aliphatic rings. The van der Waals surface area contributed by atoms with E-state index in [4.69, 9.17) is 20.8 Å². The summed E-state index contributed by atoms with van der Waals surface area (Å²) in [7, 11) is 1.66. The van der Waals surface area contributed by atoms with Crippen molar-refractivity contribution in [3.8, 4) is 28.3 Å². The van der Waals surface area contributed by atoms with Crippen molar-refractivity contribution in [2.24, 2.45) is 0 Å². The number of carbonyl (C=O) groups is 2. The molecule has 4 aromatic carbocycles. The smallest absolute Gasteiger partial charge is 0.320 e. The van der Waals surface area contributed by atoms with Gasteiger partial charge in [-0.2, -0.15) is 0 Å². The fourth-order valence-electron chi connectivity index (χ4n) is 6.60. The van der Waals surface area contributed by atoms with Gasteiger partial charge in [0.15, 0.2) is 5.58 Å². The molecule has 5 aromatic rings. The molecule has 1 aromatic heterocycles. The van der Waals surface area contributed by atoms with Crippen molar-refractivity contribution in [1.82, 2.24) is 9.88 Å². The Morgan fingerprint density at radius 3 is 2.47 bits per heavy atom. The Labute approximate surface area is 279 Å². The number of aliphatic carboxylic acids is 1. The Kier molecular flexibility index (Phi) is 9.30. The molecule has 1 atom stereocenters. The fourth-order valence-corrected chi connectivity index (χ4v) is 6.86. The van der Waals surface area contributed by atoms with Crippen LogP contribution in [0.3, 0.4) is 0 Å². The SMILES string of the molecule is COc1cc(/C=C/c2cccc(-c3cccc(-c4nc5cc(C=O)cc(Cl)c5o4)c3C)c2C)c(C)cc1CN1CCCC[C@H]1C(=O)O. The molecule has 1 saturated heterocycles. The number of aryl methyl sites for hydroxylation is 1. The van der Waals surface area contributed by atoms with Crippen molar-refractivity contribution in [3.05, 3.63) is 105 Å². The minimum absolute atomic E-state index is 0.351. The molecule has 0 spiro atoms. The second-order valence-corrected chi connectivity index (χ2v) is 12.6. The molecule has 1 N–H and O–H groups in total. The third-order valence-corrected chi connectivity index (χ3v) is 9.50. The van der Waals surface area contributed by atoms with Gasteiger partial charge in [-0.25, -0.2) is 4.98 Å². The van der Waals surface area contributed by atoms with Crippen LogP contribution in [0.1, 0.15) is 63.0 Å². The summed E-state index contributed by atoms with van der Waals surface area (Å²) in [4.78, 5) is 29.9. The van der Waals surface area contributed by atoms with Crippen LogP contribution in [-0.2, 0) is 11.3 Å². The van der Waals surface area contributed by atoms with Gasteiger partial charge in [-0.05, 0) is 103 Å². The quantitative estimate of drug-likeness (QED) is 0.126. The van der Waals surface area contributed by atoms with Crippen molar-refractivity contribution >= 4 is 47.1 Å². The first kappa shape index (κ1) is 32.2. The molecule has 0 unspecified atom stereocenters. The first-order chi connectivity index (χ1) is 22.7. The first-order valence-electron chi connectivity index (χ1n) is 15.8. The lowest BCUT2D eigenvalue weighted by Gasteiger charge is -2.33.